The Morgan fingerprint density at radius 3 is 2.22 bits per heavy atom. The first-order chi connectivity index (χ1) is 8.86. The van der Waals surface area contributed by atoms with Crippen molar-refractivity contribution >= 4 is 0 Å². The van der Waals surface area contributed by atoms with Crippen LogP contribution in [0.4, 0.5) is 0 Å². The lowest BCUT2D eigenvalue weighted by molar-refractivity contribution is 0.293. The quantitative estimate of drug-likeness (QED) is 0.648. The molecule has 0 bridgehead atoms. The normalized spacial score (nSPS) is 10.3. The Labute approximate surface area is 110 Å². The van der Waals surface area contributed by atoms with Gasteiger partial charge in [0.1, 0.15) is 11.5 Å². The molecule has 3 heteroatoms. The Morgan fingerprint density at radius 1 is 0.944 bits per heavy atom. The van der Waals surface area contributed by atoms with E-state index in [1.54, 1.807) is 0 Å². The molecular formula is C15H25NO2. The van der Waals surface area contributed by atoms with Crippen LogP contribution in [0.15, 0.2) is 24.3 Å². The molecule has 0 spiro atoms. The van der Waals surface area contributed by atoms with Crippen LogP contribution in [0.25, 0.3) is 0 Å². The largest absolute Gasteiger partial charge is 0.493 e. The van der Waals surface area contributed by atoms with Crippen molar-refractivity contribution in [1.82, 2.24) is 0 Å². The van der Waals surface area contributed by atoms with Crippen LogP contribution < -0.4 is 15.2 Å². The molecule has 0 saturated heterocycles. The summed E-state index contributed by atoms with van der Waals surface area (Å²) in [7, 11) is 0. The minimum atomic E-state index is 0.660. The molecule has 0 radical (unpaired) electrons. The van der Waals surface area contributed by atoms with Gasteiger partial charge in [-0.2, -0.15) is 0 Å². The van der Waals surface area contributed by atoms with Crippen LogP contribution >= 0.6 is 0 Å². The Bertz CT molecular complexity index is 315. The van der Waals surface area contributed by atoms with Gasteiger partial charge >= 0.3 is 0 Å². The first-order valence-electron chi connectivity index (χ1n) is 6.92. The molecule has 3 nitrogen and oxygen atoms in total. The van der Waals surface area contributed by atoms with Crippen LogP contribution in [0.5, 0.6) is 11.5 Å². The van der Waals surface area contributed by atoms with Crippen molar-refractivity contribution < 1.29 is 9.47 Å². The number of rotatable bonds is 10. The van der Waals surface area contributed by atoms with E-state index in [1.807, 2.05) is 24.3 Å². The molecule has 2 N–H and O–H groups in total. The molecule has 0 aliphatic carbocycles. The lowest BCUT2D eigenvalue weighted by Gasteiger charge is -2.09. The van der Waals surface area contributed by atoms with Gasteiger partial charge in [0.25, 0.3) is 0 Å². The third-order valence-electron chi connectivity index (χ3n) is 2.69. The van der Waals surface area contributed by atoms with Crippen LogP contribution in [0.1, 0.15) is 39.0 Å². The lowest BCUT2D eigenvalue weighted by Crippen LogP contribution is -2.06. The molecule has 0 amide bonds. The van der Waals surface area contributed by atoms with Gasteiger partial charge in [-0.15, -0.1) is 0 Å². The first kappa shape index (κ1) is 14.8. The molecule has 0 unspecified atom stereocenters. The summed E-state index contributed by atoms with van der Waals surface area (Å²) in [5.74, 6) is 1.74. The molecule has 0 fully saturated rings. The van der Waals surface area contributed by atoms with Crippen molar-refractivity contribution in [3.8, 4) is 11.5 Å². The van der Waals surface area contributed by atoms with Gasteiger partial charge in [-0.05, 0) is 31.5 Å². The smallest absolute Gasteiger partial charge is 0.122 e. The van der Waals surface area contributed by atoms with Crippen LogP contribution in [0, 0.1) is 0 Å². The van der Waals surface area contributed by atoms with Crippen LogP contribution in [-0.2, 0) is 0 Å². The van der Waals surface area contributed by atoms with Crippen molar-refractivity contribution in [1.29, 1.82) is 0 Å². The van der Waals surface area contributed by atoms with Crippen LogP contribution in [0.3, 0.4) is 0 Å². The Morgan fingerprint density at radius 2 is 1.61 bits per heavy atom. The molecule has 1 aromatic carbocycles. The van der Waals surface area contributed by atoms with Crippen molar-refractivity contribution in [2.75, 3.05) is 19.8 Å². The number of ether oxygens (including phenoxy) is 2. The summed E-state index contributed by atoms with van der Waals surface area (Å²) in [5.41, 5.74) is 5.42. The second-order valence-electron chi connectivity index (χ2n) is 4.37. The van der Waals surface area contributed by atoms with E-state index < -0.39 is 0 Å². The number of hydrogen-bond donors (Lipinski definition) is 1. The first-order valence-corrected chi connectivity index (χ1v) is 6.92. The van der Waals surface area contributed by atoms with Crippen LogP contribution in [-0.4, -0.2) is 19.8 Å². The lowest BCUT2D eigenvalue weighted by atomic mass is 10.2. The second kappa shape index (κ2) is 9.77. The zero-order valence-corrected chi connectivity index (χ0v) is 11.4. The van der Waals surface area contributed by atoms with E-state index in [1.165, 1.54) is 19.3 Å². The van der Waals surface area contributed by atoms with Gasteiger partial charge in [-0.3, -0.25) is 0 Å². The summed E-state index contributed by atoms with van der Waals surface area (Å²) in [6.07, 6.45) is 5.77. The summed E-state index contributed by atoms with van der Waals surface area (Å²) >= 11 is 0. The third-order valence-corrected chi connectivity index (χ3v) is 2.69. The zero-order valence-electron chi connectivity index (χ0n) is 11.4. The van der Waals surface area contributed by atoms with E-state index >= 15 is 0 Å². The van der Waals surface area contributed by atoms with Gasteiger partial charge in [0, 0.05) is 6.07 Å². The van der Waals surface area contributed by atoms with Gasteiger partial charge in [0.15, 0.2) is 0 Å². The molecule has 0 aliphatic heterocycles. The number of nitrogens with two attached hydrogens (primary N) is 1. The summed E-state index contributed by atoms with van der Waals surface area (Å²) in [6, 6.07) is 7.81. The minimum absolute atomic E-state index is 0.660. The maximum Gasteiger partial charge on any atom is 0.122 e. The standard InChI is InChI=1S/C15H25NO2/c1-2-3-4-5-11-17-14-8-6-9-15(13-14)18-12-7-10-16/h6,8-9,13H,2-5,7,10-12,16H2,1H3. The van der Waals surface area contributed by atoms with Crippen LogP contribution in [0.2, 0.25) is 0 Å². The zero-order chi connectivity index (χ0) is 13.1. The van der Waals surface area contributed by atoms with E-state index in [2.05, 4.69) is 6.92 Å². The minimum Gasteiger partial charge on any atom is -0.493 e. The van der Waals surface area contributed by atoms with Gasteiger partial charge in [-0.1, -0.05) is 32.3 Å². The third kappa shape index (κ3) is 6.50. The van der Waals surface area contributed by atoms with Gasteiger partial charge in [0.2, 0.25) is 0 Å². The Hall–Kier alpha value is -1.22. The highest BCUT2D eigenvalue weighted by atomic mass is 16.5. The summed E-state index contributed by atoms with van der Waals surface area (Å²) in [5, 5.41) is 0. The predicted octanol–water partition coefficient (Wildman–Crippen LogP) is 3.37. The molecular weight excluding hydrogens is 226 g/mol. The fourth-order valence-electron chi connectivity index (χ4n) is 1.65. The number of hydrogen-bond acceptors (Lipinski definition) is 3. The molecule has 0 heterocycles. The van der Waals surface area contributed by atoms with Gasteiger partial charge in [0.05, 0.1) is 13.2 Å². The molecule has 0 aliphatic rings. The van der Waals surface area contributed by atoms with Gasteiger partial charge in [-0.25, -0.2) is 0 Å². The van der Waals surface area contributed by atoms with E-state index in [0.29, 0.717) is 13.2 Å². The summed E-state index contributed by atoms with van der Waals surface area (Å²) in [6.45, 7) is 4.32. The van der Waals surface area contributed by atoms with Crippen molar-refractivity contribution in [2.24, 2.45) is 5.73 Å². The molecule has 1 rings (SSSR count). The van der Waals surface area contributed by atoms with E-state index in [4.69, 9.17) is 15.2 Å². The monoisotopic (exact) mass is 251 g/mol. The Balaban J connectivity index is 2.26. The maximum absolute atomic E-state index is 5.69. The molecule has 18 heavy (non-hydrogen) atoms. The molecule has 0 atom stereocenters. The van der Waals surface area contributed by atoms with E-state index in [9.17, 15) is 0 Å². The SMILES string of the molecule is CCCCCCOc1cccc(OCCCN)c1. The maximum atomic E-state index is 5.69. The second-order valence-corrected chi connectivity index (χ2v) is 4.37. The van der Waals surface area contributed by atoms with Crippen molar-refractivity contribution in [3.05, 3.63) is 24.3 Å². The summed E-state index contributed by atoms with van der Waals surface area (Å²) < 4.78 is 11.3. The van der Waals surface area contributed by atoms with Gasteiger partial charge < -0.3 is 15.2 Å². The molecule has 102 valence electrons. The fourth-order valence-corrected chi connectivity index (χ4v) is 1.65. The Kier molecular flexibility index (Phi) is 8.06. The topological polar surface area (TPSA) is 44.5 Å². The fraction of sp³-hybridized carbons (Fsp3) is 0.600. The highest BCUT2D eigenvalue weighted by Crippen LogP contribution is 2.19. The average molecular weight is 251 g/mol. The van der Waals surface area contributed by atoms with E-state index in [-0.39, 0.29) is 0 Å². The van der Waals surface area contributed by atoms with Crippen molar-refractivity contribution in [2.45, 2.75) is 39.0 Å². The predicted molar refractivity (Wildman–Crippen MR) is 75.2 cm³/mol. The highest BCUT2D eigenvalue weighted by Gasteiger charge is 1.98. The summed E-state index contributed by atoms with van der Waals surface area (Å²) in [4.78, 5) is 0. The highest BCUT2D eigenvalue weighted by molar-refractivity contribution is 5.32. The number of benzene rings is 1. The number of unbranched alkanes of at least 4 members (excludes halogenated alkanes) is 3. The molecule has 1 aromatic rings. The average Bonchev–Trinajstić information content (AvgIpc) is 2.39. The van der Waals surface area contributed by atoms with E-state index in [0.717, 1.165) is 30.9 Å². The molecule has 0 saturated carbocycles. The van der Waals surface area contributed by atoms with Crippen molar-refractivity contribution in [3.63, 3.8) is 0 Å². The molecule has 0 aromatic heterocycles.